The zero-order valence-corrected chi connectivity index (χ0v) is 9.03. The lowest BCUT2D eigenvalue weighted by Gasteiger charge is -2.11. The molecule has 2 rings (SSSR count). The lowest BCUT2D eigenvalue weighted by atomic mass is 9.98. The van der Waals surface area contributed by atoms with Crippen LogP contribution >= 0.6 is 0 Å². The number of aryl methyl sites for hydroxylation is 1. The number of hydrogen-bond donors (Lipinski definition) is 1. The molecule has 1 aromatic heterocycles. The summed E-state index contributed by atoms with van der Waals surface area (Å²) in [4.78, 5) is 19.5. The molecule has 1 aliphatic rings. The molecule has 2 N–H and O–H groups in total. The second-order valence-electron chi connectivity index (χ2n) is 4.22. The molecular weight excluding hydrogens is 204 g/mol. The highest BCUT2D eigenvalue weighted by Gasteiger charge is 2.48. The SMILES string of the molecule is Cc1ncc(C#N)nc1CC1(C(N)=O)CC1. The third kappa shape index (κ3) is 1.74. The number of primary amides is 1. The standard InChI is InChI=1S/C11H12N4O/c1-7-9(15-8(5-12)6-14-7)4-11(2-3-11)10(13)16/h6H,2-4H2,1H3,(H2,13,16). The fourth-order valence-corrected chi connectivity index (χ4v) is 1.69. The zero-order valence-electron chi connectivity index (χ0n) is 9.03. The van der Waals surface area contributed by atoms with Crippen LogP contribution in [0.5, 0.6) is 0 Å². The van der Waals surface area contributed by atoms with Gasteiger partial charge in [-0.05, 0) is 19.8 Å². The maximum Gasteiger partial charge on any atom is 0.224 e. The van der Waals surface area contributed by atoms with Crippen molar-refractivity contribution in [2.45, 2.75) is 26.2 Å². The van der Waals surface area contributed by atoms with Crippen LogP contribution < -0.4 is 5.73 Å². The van der Waals surface area contributed by atoms with Crippen molar-refractivity contribution >= 4 is 5.91 Å². The van der Waals surface area contributed by atoms with Crippen molar-refractivity contribution in [2.75, 3.05) is 0 Å². The van der Waals surface area contributed by atoms with Crippen LogP contribution in [0.4, 0.5) is 0 Å². The van der Waals surface area contributed by atoms with E-state index in [4.69, 9.17) is 11.0 Å². The van der Waals surface area contributed by atoms with Gasteiger partial charge in [0.15, 0.2) is 5.69 Å². The Kier molecular flexibility index (Phi) is 2.35. The lowest BCUT2D eigenvalue weighted by Crippen LogP contribution is -2.27. The summed E-state index contributed by atoms with van der Waals surface area (Å²) >= 11 is 0. The zero-order chi connectivity index (χ0) is 11.8. The van der Waals surface area contributed by atoms with Crippen molar-refractivity contribution in [3.63, 3.8) is 0 Å². The van der Waals surface area contributed by atoms with Crippen molar-refractivity contribution in [1.82, 2.24) is 9.97 Å². The minimum absolute atomic E-state index is 0.279. The molecule has 1 fully saturated rings. The Morgan fingerprint density at radius 3 is 2.88 bits per heavy atom. The van der Waals surface area contributed by atoms with Gasteiger partial charge in [-0.1, -0.05) is 0 Å². The fraction of sp³-hybridized carbons (Fsp3) is 0.455. The molecular formula is C11H12N4O. The quantitative estimate of drug-likeness (QED) is 0.794. The molecule has 0 bridgehead atoms. The first kappa shape index (κ1) is 10.6. The minimum Gasteiger partial charge on any atom is -0.369 e. The Bertz CT molecular complexity index is 485. The highest BCUT2D eigenvalue weighted by molar-refractivity contribution is 5.83. The largest absolute Gasteiger partial charge is 0.369 e. The number of amides is 1. The van der Waals surface area contributed by atoms with E-state index in [1.165, 1.54) is 6.20 Å². The Morgan fingerprint density at radius 1 is 1.69 bits per heavy atom. The van der Waals surface area contributed by atoms with Gasteiger partial charge >= 0.3 is 0 Å². The molecule has 0 aliphatic heterocycles. The summed E-state index contributed by atoms with van der Waals surface area (Å²) in [7, 11) is 0. The van der Waals surface area contributed by atoms with E-state index in [0.29, 0.717) is 12.1 Å². The molecule has 5 nitrogen and oxygen atoms in total. The van der Waals surface area contributed by atoms with Crippen LogP contribution in [-0.4, -0.2) is 15.9 Å². The van der Waals surface area contributed by atoms with Gasteiger partial charge < -0.3 is 5.73 Å². The molecule has 0 atom stereocenters. The highest BCUT2D eigenvalue weighted by atomic mass is 16.1. The number of hydrogen-bond acceptors (Lipinski definition) is 4. The molecule has 1 aromatic rings. The molecule has 0 unspecified atom stereocenters. The van der Waals surface area contributed by atoms with E-state index in [9.17, 15) is 4.79 Å². The topological polar surface area (TPSA) is 92.7 Å². The van der Waals surface area contributed by atoms with Gasteiger partial charge in [0.05, 0.1) is 23.0 Å². The van der Waals surface area contributed by atoms with Gasteiger partial charge in [0, 0.05) is 6.42 Å². The number of nitriles is 1. The van der Waals surface area contributed by atoms with E-state index in [0.717, 1.165) is 18.5 Å². The molecule has 1 heterocycles. The first-order valence-electron chi connectivity index (χ1n) is 5.10. The second kappa shape index (κ2) is 3.56. The summed E-state index contributed by atoms with van der Waals surface area (Å²) in [6, 6.07) is 1.94. The van der Waals surface area contributed by atoms with Gasteiger partial charge in [0.2, 0.25) is 5.91 Å². The average Bonchev–Trinajstić information content (AvgIpc) is 3.02. The number of carbonyl (C=O) groups is 1. The predicted molar refractivity (Wildman–Crippen MR) is 56.0 cm³/mol. The molecule has 5 heteroatoms. The minimum atomic E-state index is -0.437. The summed E-state index contributed by atoms with van der Waals surface area (Å²) in [5.41, 5.74) is 6.65. The summed E-state index contributed by atoms with van der Waals surface area (Å²) in [5.74, 6) is -0.281. The van der Waals surface area contributed by atoms with Gasteiger partial charge in [-0.15, -0.1) is 0 Å². The molecule has 1 saturated carbocycles. The van der Waals surface area contributed by atoms with Crippen molar-refractivity contribution in [3.05, 3.63) is 23.3 Å². The average molecular weight is 216 g/mol. The molecule has 1 amide bonds. The smallest absolute Gasteiger partial charge is 0.224 e. The Morgan fingerprint density at radius 2 is 2.38 bits per heavy atom. The third-order valence-corrected chi connectivity index (χ3v) is 3.05. The van der Waals surface area contributed by atoms with Crippen LogP contribution in [0, 0.1) is 23.7 Å². The normalized spacial score (nSPS) is 16.5. The van der Waals surface area contributed by atoms with Crippen LogP contribution in [0.3, 0.4) is 0 Å². The first-order chi connectivity index (χ1) is 7.57. The van der Waals surface area contributed by atoms with Crippen LogP contribution in [0.15, 0.2) is 6.20 Å². The van der Waals surface area contributed by atoms with E-state index in [2.05, 4.69) is 9.97 Å². The van der Waals surface area contributed by atoms with Crippen LogP contribution in [0.25, 0.3) is 0 Å². The van der Waals surface area contributed by atoms with E-state index >= 15 is 0 Å². The maximum absolute atomic E-state index is 11.3. The first-order valence-corrected chi connectivity index (χ1v) is 5.10. The molecule has 1 aliphatic carbocycles. The molecule has 0 radical (unpaired) electrons. The van der Waals surface area contributed by atoms with Crippen molar-refractivity contribution in [2.24, 2.45) is 11.1 Å². The summed E-state index contributed by atoms with van der Waals surface area (Å²) in [5, 5.41) is 8.73. The Hall–Kier alpha value is -1.96. The highest BCUT2D eigenvalue weighted by Crippen LogP contribution is 2.48. The summed E-state index contributed by atoms with van der Waals surface area (Å²) in [6.45, 7) is 1.82. The van der Waals surface area contributed by atoms with Gasteiger partial charge in [0.1, 0.15) is 6.07 Å². The number of carbonyl (C=O) groups excluding carboxylic acids is 1. The van der Waals surface area contributed by atoms with E-state index in [1.807, 2.05) is 13.0 Å². The van der Waals surface area contributed by atoms with Crippen molar-refractivity contribution < 1.29 is 4.79 Å². The Labute approximate surface area is 93.3 Å². The van der Waals surface area contributed by atoms with Crippen LogP contribution in [0.2, 0.25) is 0 Å². The summed E-state index contributed by atoms with van der Waals surface area (Å²) in [6.07, 6.45) is 3.54. The molecule has 82 valence electrons. The number of aromatic nitrogens is 2. The van der Waals surface area contributed by atoms with Gasteiger partial charge in [-0.2, -0.15) is 5.26 Å². The third-order valence-electron chi connectivity index (χ3n) is 3.05. The van der Waals surface area contributed by atoms with E-state index < -0.39 is 5.41 Å². The fourth-order valence-electron chi connectivity index (χ4n) is 1.69. The van der Waals surface area contributed by atoms with Gasteiger partial charge in [0.25, 0.3) is 0 Å². The molecule has 0 spiro atoms. The van der Waals surface area contributed by atoms with Gasteiger partial charge in [-0.3, -0.25) is 9.78 Å². The number of rotatable bonds is 3. The van der Waals surface area contributed by atoms with Gasteiger partial charge in [-0.25, -0.2) is 4.98 Å². The summed E-state index contributed by atoms with van der Waals surface area (Å²) < 4.78 is 0. The monoisotopic (exact) mass is 216 g/mol. The van der Waals surface area contributed by atoms with Crippen LogP contribution in [0.1, 0.15) is 29.9 Å². The second-order valence-corrected chi connectivity index (χ2v) is 4.22. The maximum atomic E-state index is 11.3. The molecule has 0 aromatic carbocycles. The number of nitrogens with two attached hydrogens (primary N) is 1. The molecule has 16 heavy (non-hydrogen) atoms. The number of nitrogens with zero attached hydrogens (tertiary/aromatic N) is 3. The van der Waals surface area contributed by atoms with Crippen molar-refractivity contribution in [3.8, 4) is 6.07 Å². The van der Waals surface area contributed by atoms with Crippen molar-refractivity contribution in [1.29, 1.82) is 5.26 Å². The predicted octanol–water partition coefficient (Wildman–Crippen LogP) is 0.465. The van der Waals surface area contributed by atoms with Crippen LogP contribution in [-0.2, 0) is 11.2 Å². The molecule has 0 saturated heterocycles. The van der Waals surface area contributed by atoms with E-state index in [1.54, 1.807) is 0 Å². The Balaban J connectivity index is 2.28. The van der Waals surface area contributed by atoms with E-state index in [-0.39, 0.29) is 11.6 Å². The lowest BCUT2D eigenvalue weighted by molar-refractivity contribution is -0.123.